The molecule has 0 saturated carbocycles. The Hall–Kier alpha value is -1.59. The van der Waals surface area contributed by atoms with Crippen LogP contribution in [0.1, 0.15) is 6.42 Å². The molecule has 0 radical (unpaired) electrons. The van der Waals surface area contributed by atoms with Crippen LogP contribution in [0.2, 0.25) is 0 Å². The fraction of sp³-hybridized carbons (Fsp3) is 0.364. The van der Waals surface area contributed by atoms with Crippen LogP contribution >= 0.6 is 15.9 Å². The Morgan fingerprint density at radius 3 is 3.06 bits per heavy atom. The molecule has 1 aliphatic heterocycles. The van der Waals surface area contributed by atoms with E-state index >= 15 is 0 Å². The average Bonchev–Trinajstić information content (AvgIpc) is 2.71. The minimum Gasteiger partial charge on any atom is -0.312 e. The van der Waals surface area contributed by atoms with Crippen LogP contribution in [-0.4, -0.2) is 19.0 Å². The molecule has 1 atom stereocenters. The van der Waals surface area contributed by atoms with Gasteiger partial charge in [0.05, 0.1) is 4.47 Å². The van der Waals surface area contributed by atoms with Gasteiger partial charge in [-0.25, -0.2) is 4.39 Å². The number of rotatable bonds is 3. The topological polar surface area (TPSA) is 69.1 Å². The van der Waals surface area contributed by atoms with E-state index in [-0.39, 0.29) is 18.4 Å². The molecular formula is C11H10BrFN4O. The number of carbonyl (C=O) groups excluding carboxylic acids is 1. The molecule has 1 saturated heterocycles. The Kier molecular flexibility index (Phi) is 3.84. The van der Waals surface area contributed by atoms with Crippen LogP contribution < -0.4 is 4.90 Å². The lowest BCUT2D eigenvalue weighted by Crippen LogP contribution is -2.24. The summed E-state index contributed by atoms with van der Waals surface area (Å²) < 4.78 is 13.8. The zero-order chi connectivity index (χ0) is 13.1. The highest BCUT2D eigenvalue weighted by Gasteiger charge is 2.30. The summed E-state index contributed by atoms with van der Waals surface area (Å²) >= 11 is 3.07. The van der Waals surface area contributed by atoms with Crippen LogP contribution in [0.3, 0.4) is 0 Å². The quantitative estimate of drug-likeness (QED) is 0.480. The maximum atomic E-state index is 13.4. The van der Waals surface area contributed by atoms with Gasteiger partial charge in [-0.1, -0.05) is 5.11 Å². The normalized spacial score (nSPS) is 18.9. The highest BCUT2D eigenvalue weighted by atomic mass is 79.9. The van der Waals surface area contributed by atoms with Crippen LogP contribution in [0.15, 0.2) is 27.8 Å². The number of halogens is 2. The van der Waals surface area contributed by atoms with Gasteiger partial charge in [-0.3, -0.25) is 4.79 Å². The van der Waals surface area contributed by atoms with E-state index in [1.165, 1.54) is 11.0 Å². The molecule has 0 N–H and O–H groups in total. The van der Waals surface area contributed by atoms with E-state index in [2.05, 4.69) is 26.0 Å². The van der Waals surface area contributed by atoms with Crippen molar-refractivity contribution >= 4 is 27.5 Å². The molecule has 1 aromatic rings. The molecule has 7 heteroatoms. The van der Waals surface area contributed by atoms with Crippen molar-refractivity contribution in [3.8, 4) is 0 Å². The van der Waals surface area contributed by atoms with E-state index in [1.54, 1.807) is 12.1 Å². The third kappa shape index (κ3) is 2.63. The molecule has 1 aromatic carbocycles. The van der Waals surface area contributed by atoms with Gasteiger partial charge in [-0.15, -0.1) is 0 Å². The minimum absolute atomic E-state index is 0.000100. The lowest BCUT2D eigenvalue weighted by molar-refractivity contribution is -0.117. The second kappa shape index (κ2) is 5.37. The second-order valence-electron chi connectivity index (χ2n) is 4.09. The average molecular weight is 313 g/mol. The number of hydrogen-bond donors (Lipinski definition) is 0. The van der Waals surface area contributed by atoms with Crippen molar-refractivity contribution in [3.05, 3.63) is 38.9 Å². The van der Waals surface area contributed by atoms with Gasteiger partial charge in [-0.05, 0) is 45.6 Å². The van der Waals surface area contributed by atoms with Crippen molar-refractivity contribution in [2.75, 3.05) is 18.0 Å². The molecule has 0 aromatic heterocycles. The van der Waals surface area contributed by atoms with Crippen molar-refractivity contribution in [1.29, 1.82) is 0 Å². The van der Waals surface area contributed by atoms with Crippen LogP contribution in [-0.2, 0) is 4.79 Å². The number of anilines is 1. The Labute approximate surface area is 111 Å². The van der Waals surface area contributed by atoms with E-state index in [1.807, 2.05) is 0 Å². The number of nitrogens with zero attached hydrogens (tertiary/aromatic N) is 4. The number of hydrogen-bond acceptors (Lipinski definition) is 2. The summed E-state index contributed by atoms with van der Waals surface area (Å²) in [6.45, 7) is 0.747. The molecule has 0 bridgehead atoms. The van der Waals surface area contributed by atoms with E-state index in [0.29, 0.717) is 23.1 Å². The fourth-order valence-corrected chi connectivity index (χ4v) is 2.20. The Balaban J connectivity index is 2.16. The SMILES string of the molecule is [N-]=[N+]=NCC1CC(=O)N(c2ccc(Br)c(F)c2)C1. The van der Waals surface area contributed by atoms with Crippen molar-refractivity contribution < 1.29 is 9.18 Å². The zero-order valence-corrected chi connectivity index (χ0v) is 11.0. The van der Waals surface area contributed by atoms with Crippen molar-refractivity contribution in [2.24, 2.45) is 11.0 Å². The molecule has 18 heavy (non-hydrogen) atoms. The van der Waals surface area contributed by atoms with Gasteiger partial charge in [0.1, 0.15) is 5.82 Å². The monoisotopic (exact) mass is 312 g/mol. The summed E-state index contributed by atoms with van der Waals surface area (Å²) in [6.07, 6.45) is 0.330. The van der Waals surface area contributed by atoms with E-state index in [4.69, 9.17) is 5.53 Å². The highest BCUT2D eigenvalue weighted by Crippen LogP contribution is 2.28. The highest BCUT2D eigenvalue weighted by molar-refractivity contribution is 9.10. The molecule has 2 rings (SSSR count). The summed E-state index contributed by atoms with van der Waals surface area (Å²) in [7, 11) is 0. The third-order valence-electron chi connectivity index (χ3n) is 2.82. The Morgan fingerprint density at radius 2 is 2.39 bits per heavy atom. The van der Waals surface area contributed by atoms with Gasteiger partial charge in [0.2, 0.25) is 5.91 Å². The molecule has 94 valence electrons. The standard InChI is InChI=1S/C11H10BrFN4O/c12-9-2-1-8(4-10(9)13)17-6-7(3-11(17)18)5-15-16-14/h1-2,4,7H,3,5-6H2. The summed E-state index contributed by atoms with van der Waals surface area (Å²) in [5.74, 6) is -0.478. The molecule has 1 amide bonds. The second-order valence-corrected chi connectivity index (χ2v) is 4.94. The summed E-state index contributed by atoms with van der Waals surface area (Å²) in [4.78, 5) is 16.0. The van der Waals surface area contributed by atoms with Crippen LogP contribution in [0.25, 0.3) is 10.4 Å². The van der Waals surface area contributed by atoms with Gasteiger partial charge >= 0.3 is 0 Å². The Bertz CT molecular complexity index is 530. The molecular weight excluding hydrogens is 303 g/mol. The number of benzene rings is 1. The van der Waals surface area contributed by atoms with Gasteiger partial charge in [0.15, 0.2) is 0 Å². The predicted molar refractivity (Wildman–Crippen MR) is 68.6 cm³/mol. The van der Waals surface area contributed by atoms with Gasteiger partial charge in [0, 0.05) is 30.1 Å². The first kappa shape index (κ1) is 12.9. The molecule has 1 fully saturated rings. The zero-order valence-electron chi connectivity index (χ0n) is 9.38. The van der Waals surface area contributed by atoms with Crippen LogP contribution in [0.5, 0.6) is 0 Å². The first-order valence-electron chi connectivity index (χ1n) is 5.38. The van der Waals surface area contributed by atoms with Crippen molar-refractivity contribution in [1.82, 2.24) is 0 Å². The maximum Gasteiger partial charge on any atom is 0.227 e. The summed E-state index contributed by atoms with van der Waals surface area (Å²) in [6, 6.07) is 4.57. The minimum atomic E-state index is -0.404. The number of azide groups is 1. The van der Waals surface area contributed by atoms with E-state index < -0.39 is 5.82 Å². The number of carbonyl (C=O) groups is 1. The van der Waals surface area contributed by atoms with E-state index in [9.17, 15) is 9.18 Å². The first-order valence-corrected chi connectivity index (χ1v) is 6.17. The summed E-state index contributed by atoms with van der Waals surface area (Å²) in [5.41, 5.74) is 8.78. The number of amides is 1. The molecule has 5 nitrogen and oxygen atoms in total. The van der Waals surface area contributed by atoms with Gasteiger partial charge in [0.25, 0.3) is 0 Å². The third-order valence-corrected chi connectivity index (χ3v) is 3.47. The van der Waals surface area contributed by atoms with Gasteiger partial charge in [-0.2, -0.15) is 0 Å². The Morgan fingerprint density at radius 1 is 1.61 bits per heavy atom. The first-order chi connectivity index (χ1) is 8.61. The molecule has 0 aliphatic carbocycles. The van der Waals surface area contributed by atoms with Crippen molar-refractivity contribution in [2.45, 2.75) is 6.42 Å². The lowest BCUT2D eigenvalue weighted by atomic mass is 10.1. The van der Waals surface area contributed by atoms with Gasteiger partial charge < -0.3 is 4.90 Å². The lowest BCUT2D eigenvalue weighted by Gasteiger charge is -2.16. The molecule has 0 spiro atoms. The summed E-state index contributed by atoms with van der Waals surface area (Å²) in [5, 5.41) is 3.47. The molecule has 1 heterocycles. The van der Waals surface area contributed by atoms with Crippen LogP contribution in [0, 0.1) is 11.7 Å². The maximum absolute atomic E-state index is 13.4. The molecule has 1 aliphatic rings. The fourth-order valence-electron chi connectivity index (χ4n) is 1.96. The smallest absolute Gasteiger partial charge is 0.227 e. The van der Waals surface area contributed by atoms with Crippen molar-refractivity contribution in [3.63, 3.8) is 0 Å². The molecule has 1 unspecified atom stereocenters. The predicted octanol–water partition coefficient (Wildman–Crippen LogP) is 3.25. The van der Waals surface area contributed by atoms with E-state index in [0.717, 1.165) is 0 Å². The largest absolute Gasteiger partial charge is 0.312 e. The van der Waals surface area contributed by atoms with Crippen LogP contribution in [0.4, 0.5) is 10.1 Å².